The summed E-state index contributed by atoms with van der Waals surface area (Å²) in [5, 5.41) is 6.99. The molecule has 1 heterocycles. The van der Waals surface area contributed by atoms with Crippen molar-refractivity contribution in [3.8, 4) is 22.6 Å². The van der Waals surface area contributed by atoms with Gasteiger partial charge in [-0.1, -0.05) is 23.7 Å². The predicted octanol–water partition coefficient (Wildman–Crippen LogP) is 5.30. The number of thiophene rings is 1. The van der Waals surface area contributed by atoms with E-state index in [1.807, 2.05) is 37.3 Å². The van der Waals surface area contributed by atoms with Crippen molar-refractivity contribution in [3.05, 3.63) is 57.2 Å². The Morgan fingerprint density at radius 3 is 2.33 bits per heavy atom. The van der Waals surface area contributed by atoms with Gasteiger partial charge in [0.15, 0.2) is 5.11 Å². The molecule has 0 aliphatic rings. The van der Waals surface area contributed by atoms with E-state index in [9.17, 15) is 4.79 Å². The third-order valence-corrected chi connectivity index (χ3v) is 5.82. The van der Waals surface area contributed by atoms with Crippen LogP contribution in [-0.4, -0.2) is 25.2 Å². The number of thiocarbonyl (C=S) groups is 1. The maximum Gasteiger partial charge on any atom is 0.259 e. The van der Waals surface area contributed by atoms with E-state index in [0.717, 1.165) is 21.7 Å². The summed E-state index contributed by atoms with van der Waals surface area (Å²) in [5.74, 6) is 0.623. The number of aryl methyl sites for hydroxylation is 1. The molecule has 0 aliphatic heterocycles. The smallest absolute Gasteiger partial charge is 0.259 e. The number of amides is 1. The van der Waals surface area contributed by atoms with Crippen LogP contribution in [0.4, 0.5) is 11.4 Å². The van der Waals surface area contributed by atoms with Crippen LogP contribution >= 0.6 is 35.2 Å². The Labute approximate surface area is 189 Å². The van der Waals surface area contributed by atoms with E-state index in [1.165, 1.54) is 18.4 Å². The van der Waals surface area contributed by atoms with E-state index < -0.39 is 5.91 Å². The SMILES string of the molecule is COc1cc(OC)c(NC(=S)Nc2ccc(-c3cc(C)sc3C(N)=O)cc2)cc1Cl. The molecule has 1 amide bonds. The van der Waals surface area contributed by atoms with Crippen LogP contribution in [-0.2, 0) is 0 Å². The van der Waals surface area contributed by atoms with Gasteiger partial charge < -0.3 is 25.8 Å². The summed E-state index contributed by atoms with van der Waals surface area (Å²) in [5.41, 5.74) is 8.61. The van der Waals surface area contributed by atoms with Gasteiger partial charge in [-0.05, 0) is 49.0 Å². The maximum atomic E-state index is 11.7. The Bertz CT molecular complexity index is 1100. The van der Waals surface area contributed by atoms with Gasteiger partial charge in [0, 0.05) is 22.2 Å². The van der Waals surface area contributed by atoms with Crippen molar-refractivity contribution in [2.45, 2.75) is 6.92 Å². The van der Waals surface area contributed by atoms with Crippen molar-refractivity contribution in [1.29, 1.82) is 0 Å². The Morgan fingerprint density at radius 2 is 1.73 bits per heavy atom. The first kappa shape index (κ1) is 21.9. The van der Waals surface area contributed by atoms with Crippen molar-refractivity contribution >= 4 is 57.5 Å². The highest BCUT2D eigenvalue weighted by molar-refractivity contribution is 7.80. The van der Waals surface area contributed by atoms with Crippen molar-refractivity contribution in [3.63, 3.8) is 0 Å². The van der Waals surface area contributed by atoms with Gasteiger partial charge in [-0.3, -0.25) is 4.79 Å². The van der Waals surface area contributed by atoms with Gasteiger partial charge in [-0.25, -0.2) is 0 Å². The highest BCUT2D eigenvalue weighted by Gasteiger charge is 2.14. The van der Waals surface area contributed by atoms with E-state index >= 15 is 0 Å². The highest BCUT2D eigenvalue weighted by atomic mass is 35.5. The average Bonchev–Trinajstić information content (AvgIpc) is 3.11. The van der Waals surface area contributed by atoms with Crippen molar-refractivity contribution < 1.29 is 14.3 Å². The molecule has 0 bridgehead atoms. The Balaban J connectivity index is 1.74. The fraction of sp³-hybridized carbons (Fsp3) is 0.143. The monoisotopic (exact) mass is 461 g/mol. The number of benzene rings is 2. The molecule has 0 unspecified atom stereocenters. The number of anilines is 2. The van der Waals surface area contributed by atoms with E-state index in [1.54, 1.807) is 19.2 Å². The minimum absolute atomic E-state index is 0.367. The van der Waals surface area contributed by atoms with Crippen LogP contribution in [0.2, 0.25) is 5.02 Å². The van der Waals surface area contributed by atoms with Crippen molar-refractivity contribution in [2.24, 2.45) is 5.73 Å². The minimum atomic E-state index is -0.428. The second-order valence-corrected chi connectivity index (χ2v) is 8.38. The molecule has 0 saturated carbocycles. The number of halogens is 1. The van der Waals surface area contributed by atoms with Gasteiger partial charge >= 0.3 is 0 Å². The fourth-order valence-electron chi connectivity index (χ4n) is 2.89. The summed E-state index contributed by atoms with van der Waals surface area (Å²) < 4.78 is 10.6. The van der Waals surface area contributed by atoms with Crippen LogP contribution in [0.3, 0.4) is 0 Å². The van der Waals surface area contributed by atoms with E-state index in [0.29, 0.717) is 32.2 Å². The number of hydrogen-bond acceptors (Lipinski definition) is 5. The summed E-state index contributed by atoms with van der Waals surface area (Å²) in [7, 11) is 3.09. The molecular formula is C21H20ClN3O3S2. The molecule has 2 aromatic carbocycles. The molecule has 30 heavy (non-hydrogen) atoms. The van der Waals surface area contributed by atoms with Gasteiger partial charge in [0.2, 0.25) is 0 Å². The summed E-state index contributed by atoms with van der Waals surface area (Å²) in [6.07, 6.45) is 0. The van der Waals surface area contributed by atoms with Crippen LogP contribution in [0.15, 0.2) is 42.5 Å². The Hall–Kier alpha value is -2.81. The normalized spacial score (nSPS) is 10.4. The summed E-state index contributed by atoms with van der Waals surface area (Å²) in [4.78, 5) is 13.3. The van der Waals surface area contributed by atoms with Crippen LogP contribution in [0.25, 0.3) is 11.1 Å². The molecule has 4 N–H and O–H groups in total. The quantitative estimate of drug-likeness (QED) is 0.432. The van der Waals surface area contributed by atoms with Gasteiger partial charge in [0.1, 0.15) is 11.5 Å². The summed E-state index contributed by atoms with van der Waals surface area (Å²) in [6.45, 7) is 1.94. The predicted molar refractivity (Wildman–Crippen MR) is 127 cm³/mol. The van der Waals surface area contributed by atoms with Gasteiger partial charge in [0.25, 0.3) is 5.91 Å². The first-order chi connectivity index (χ1) is 14.3. The Morgan fingerprint density at radius 1 is 1.07 bits per heavy atom. The third kappa shape index (κ3) is 4.84. The molecule has 0 saturated heterocycles. The minimum Gasteiger partial charge on any atom is -0.495 e. The maximum absolute atomic E-state index is 11.7. The number of carbonyl (C=O) groups is 1. The average molecular weight is 462 g/mol. The van der Waals surface area contributed by atoms with Gasteiger partial charge in [-0.2, -0.15) is 0 Å². The largest absolute Gasteiger partial charge is 0.495 e. The molecule has 3 rings (SSSR count). The molecule has 0 spiro atoms. The molecule has 1 aromatic heterocycles. The standard InChI is InChI=1S/C21H20ClN3O3S2/c1-11-8-14(19(30-11)20(23)26)12-4-6-13(7-5-12)24-21(29)25-16-9-15(22)17(27-2)10-18(16)28-3/h4-10H,1-3H3,(H2,23,26)(H2,24,25,29). The summed E-state index contributed by atoms with van der Waals surface area (Å²) in [6, 6.07) is 12.9. The van der Waals surface area contributed by atoms with E-state index in [2.05, 4.69) is 10.6 Å². The molecule has 156 valence electrons. The topological polar surface area (TPSA) is 85.6 Å². The molecule has 0 radical (unpaired) electrons. The lowest BCUT2D eigenvalue weighted by molar-refractivity contribution is 0.100. The highest BCUT2D eigenvalue weighted by Crippen LogP contribution is 2.36. The number of ether oxygens (including phenoxy) is 2. The van der Waals surface area contributed by atoms with Crippen LogP contribution < -0.4 is 25.8 Å². The van der Waals surface area contributed by atoms with Crippen LogP contribution in [0.5, 0.6) is 11.5 Å². The molecule has 3 aromatic rings. The molecule has 0 aliphatic carbocycles. The second-order valence-electron chi connectivity index (χ2n) is 6.31. The van der Waals surface area contributed by atoms with Crippen LogP contribution in [0.1, 0.15) is 14.5 Å². The number of rotatable bonds is 6. The molecule has 9 heteroatoms. The molecule has 6 nitrogen and oxygen atoms in total. The van der Waals surface area contributed by atoms with Gasteiger partial charge in [-0.15, -0.1) is 11.3 Å². The zero-order valence-electron chi connectivity index (χ0n) is 16.5. The summed E-state index contributed by atoms with van der Waals surface area (Å²) >= 11 is 13.0. The van der Waals surface area contributed by atoms with Gasteiger partial charge in [0.05, 0.1) is 29.8 Å². The van der Waals surface area contributed by atoms with Crippen molar-refractivity contribution in [2.75, 3.05) is 24.9 Å². The van der Waals surface area contributed by atoms with Crippen LogP contribution in [0, 0.1) is 6.92 Å². The first-order valence-corrected chi connectivity index (χ1v) is 10.4. The number of hydrogen-bond donors (Lipinski definition) is 3. The molecular weight excluding hydrogens is 442 g/mol. The molecule has 0 fully saturated rings. The van der Waals surface area contributed by atoms with E-state index in [-0.39, 0.29) is 0 Å². The zero-order chi connectivity index (χ0) is 21.8. The first-order valence-electron chi connectivity index (χ1n) is 8.82. The number of nitrogens with two attached hydrogens (primary N) is 1. The number of primary amides is 1. The lowest BCUT2D eigenvalue weighted by Crippen LogP contribution is -2.19. The fourth-order valence-corrected chi connectivity index (χ4v) is 4.24. The lowest BCUT2D eigenvalue weighted by atomic mass is 10.1. The lowest BCUT2D eigenvalue weighted by Gasteiger charge is -2.15. The number of methoxy groups -OCH3 is 2. The number of carbonyl (C=O) groups excluding carboxylic acids is 1. The Kier molecular flexibility index (Phi) is 6.81. The number of nitrogens with one attached hydrogen (secondary N) is 2. The van der Waals surface area contributed by atoms with E-state index in [4.69, 9.17) is 39.0 Å². The third-order valence-electron chi connectivity index (χ3n) is 4.25. The zero-order valence-corrected chi connectivity index (χ0v) is 18.9. The second kappa shape index (κ2) is 9.34. The molecule has 0 atom stereocenters. The van der Waals surface area contributed by atoms with Crippen molar-refractivity contribution in [1.82, 2.24) is 0 Å².